The van der Waals surface area contributed by atoms with E-state index in [1.165, 1.54) is 0 Å². The highest BCUT2D eigenvalue weighted by atomic mass is 16.2. The Labute approximate surface area is 114 Å². The van der Waals surface area contributed by atoms with Crippen molar-refractivity contribution in [3.63, 3.8) is 0 Å². The summed E-state index contributed by atoms with van der Waals surface area (Å²) in [6.07, 6.45) is 2.97. The first kappa shape index (κ1) is 12.5. The molecule has 2 N–H and O–H groups in total. The number of nitrogen functional groups attached to an aromatic ring is 1. The van der Waals surface area contributed by atoms with Crippen molar-refractivity contribution in [2.24, 2.45) is 5.92 Å². The number of hydrogen-bond donors (Lipinski definition) is 1. The van der Waals surface area contributed by atoms with E-state index in [1.54, 1.807) is 0 Å². The van der Waals surface area contributed by atoms with E-state index in [2.05, 4.69) is 11.9 Å². The summed E-state index contributed by atoms with van der Waals surface area (Å²) in [5.74, 6) is 0.424. The molecule has 1 amide bonds. The van der Waals surface area contributed by atoms with Crippen molar-refractivity contribution in [1.82, 2.24) is 4.90 Å². The zero-order valence-electron chi connectivity index (χ0n) is 11.4. The highest BCUT2D eigenvalue weighted by molar-refractivity contribution is 5.97. The van der Waals surface area contributed by atoms with Crippen molar-refractivity contribution in [2.75, 3.05) is 37.3 Å². The Kier molecular flexibility index (Phi) is 3.19. The van der Waals surface area contributed by atoms with E-state index in [4.69, 9.17) is 5.73 Å². The molecule has 1 aromatic rings. The monoisotopic (exact) mass is 259 g/mol. The van der Waals surface area contributed by atoms with Crippen LogP contribution in [0.5, 0.6) is 0 Å². The van der Waals surface area contributed by atoms with Crippen LogP contribution in [-0.4, -0.2) is 37.5 Å². The molecular formula is C15H21N3O. The molecular weight excluding hydrogens is 238 g/mol. The van der Waals surface area contributed by atoms with Gasteiger partial charge in [0.2, 0.25) is 5.91 Å². The molecule has 1 aromatic carbocycles. The second-order valence-electron chi connectivity index (χ2n) is 5.69. The van der Waals surface area contributed by atoms with Crippen LogP contribution < -0.4 is 10.6 Å². The normalized spacial score (nSPS) is 23.4. The van der Waals surface area contributed by atoms with Crippen LogP contribution in [0.2, 0.25) is 0 Å². The summed E-state index contributed by atoms with van der Waals surface area (Å²) in [4.78, 5) is 16.9. The maximum atomic E-state index is 12.7. The van der Waals surface area contributed by atoms with E-state index in [9.17, 15) is 4.79 Å². The van der Waals surface area contributed by atoms with Crippen molar-refractivity contribution in [3.05, 3.63) is 23.8 Å². The Bertz CT molecular complexity index is 500. The first-order chi connectivity index (χ1) is 9.16. The number of carbonyl (C=O) groups excluding carboxylic acids is 1. The molecule has 0 spiro atoms. The average molecular weight is 259 g/mol. The molecule has 4 nitrogen and oxygen atoms in total. The fraction of sp³-hybridized carbons (Fsp3) is 0.533. The third kappa shape index (κ3) is 2.21. The summed E-state index contributed by atoms with van der Waals surface area (Å²) >= 11 is 0. The number of nitrogens with two attached hydrogens (primary N) is 1. The van der Waals surface area contributed by atoms with E-state index in [-0.39, 0.29) is 11.8 Å². The van der Waals surface area contributed by atoms with E-state index in [1.807, 2.05) is 23.1 Å². The lowest BCUT2D eigenvalue weighted by Crippen LogP contribution is -2.40. The van der Waals surface area contributed by atoms with Gasteiger partial charge in [-0.2, -0.15) is 0 Å². The van der Waals surface area contributed by atoms with E-state index in [0.717, 1.165) is 55.8 Å². The van der Waals surface area contributed by atoms with Gasteiger partial charge in [0.25, 0.3) is 0 Å². The Balaban J connectivity index is 1.87. The van der Waals surface area contributed by atoms with Gasteiger partial charge in [-0.15, -0.1) is 0 Å². The lowest BCUT2D eigenvalue weighted by atomic mass is 9.97. The van der Waals surface area contributed by atoms with Gasteiger partial charge in [-0.05, 0) is 50.6 Å². The van der Waals surface area contributed by atoms with Crippen LogP contribution in [0, 0.1) is 5.92 Å². The van der Waals surface area contributed by atoms with Gasteiger partial charge in [0.05, 0.1) is 5.92 Å². The third-order valence-corrected chi connectivity index (χ3v) is 4.29. The molecule has 19 heavy (non-hydrogen) atoms. The van der Waals surface area contributed by atoms with Gasteiger partial charge in [-0.25, -0.2) is 0 Å². The molecule has 0 bridgehead atoms. The van der Waals surface area contributed by atoms with Crippen molar-refractivity contribution < 1.29 is 4.79 Å². The van der Waals surface area contributed by atoms with Crippen molar-refractivity contribution >= 4 is 17.3 Å². The Morgan fingerprint density at radius 1 is 1.37 bits per heavy atom. The quantitative estimate of drug-likeness (QED) is 0.778. The maximum Gasteiger partial charge on any atom is 0.231 e. The lowest BCUT2D eigenvalue weighted by Gasteiger charge is -2.32. The Morgan fingerprint density at radius 3 is 2.95 bits per heavy atom. The largest absolute Gasteiger partial charge is 0.398 e. The molecule has 1 fully saturated rings. The average Bonchev–Trinajstić information content (AvgIpc) is 2.85. The zero-order valence-corrected chi connectivity index (χ0v) is 11.4. The predicted molar refractivity (Wildman–Crippen MR) is 77.1 cm³/mol. The second-order valence-corrected chi connectivity index (χ2v) is 5.69. The molecule has 4 heteroatoms. The number of rotatable bonds is 1. The van der Waals surface area contributed by atoms with Crippen molar-refractivity contribution in [3.8, 4) is 0 Å². The van der Waals surface area contributed by atoms with Crippen LogP contribution in [0.15, 0.2) is 18.2 Å². The Morgan fingerprint density at radius 2 is 2.21 bits per heavy atom. The van der Waals surface area contributed by atoms with Crippen LogP contribution in [0.25, 0.3) is 0 Å². The number of nitrogens with zero attached hydrogens (tertiary/aromatic N) is 2. The summed E-state index contributed by atoms with van der Waals surface area (Å²) in [5.41, 5.74) is 9.03. The summed E-state index contributed by atoms with van der Waals surface area (Å²) in [5, 5.41) is 0. The number of fused-ring (bicyclic) bond motifs is 1. The van der Waals surface area contributed by atoms with Crippen LogP contribution in [0.4, 0.5) is 11.4 Å². The highest BCUT2D eigenvalue weighted by Gasteiger charge is 2.32. The highest BCUT2D eigenvalue weighted by Crippen LogP contribution is 2.33. The van der Waals surface area contributed by atoms with Crippen LogP contribution >= 0.6 is 0 Å². The topological polar surface area (TPSA) is 49.6 Å². The molecule has 102 valence electrons. The standard InChI is InChI=1S/C15H21N3O/c1-17-9-7-11(10-17)15(19)18-8-3-4-12-13(16)5-2-6-14(12)18/h2,5-6,11H,3-4,7-10,16H2,1H3. The number of carbonyl (C=O) groups is 1. The van der Waals surface area contributed by atoms with E-state index >= 15 is 0 Å². The fourth-order valence-corrected chi connectivity index (χ4v) is 3.24. The van der Waals surface area contributed by atoms with Gasteiger partial charge < -0.3 is 15.5 Å². The molecule has 1 atom stereocenters. The molecule has 3 rings (SSSR count). The first-order valence-electron chi connectivity index (χ1n) is 7.04. The maximum absolute atomic E-state index is 12.7. The number of amides is 1. The number of benzene rings is 1. The molecule has 0 radical (unpaired) electrons. The minimum Gasteiger partial charge on any atom is -0.398 e. The van der Waals surface area contributed by atoms with E-state index in [0.29, 0.717) is 0 Å². The molecule has 0 aliphatic carbocycles. The molecule has 1 saturated heterocycles. The third-order valence-electron chi connectivity index (χ3n) is 4.29. The number of anilines is 2. The van der Waals surface area contributed by atoms with Gasteiger partial charge in [0.1, 0.15) is 0 Å². The molecule has 1 unspecified atom stereocenters. The molecule has 2 aliphatic heterocycles. The van der Waals surface area contributed by atoms with Gasteiger partial charge in [-0.3, -0.25) is 4.79 Å². The van der Waals surface area contributed by atoms with Gasteiger partial charge in [-0.1, -0.05) is 6.07 Å². The SMILES string of the molecule is CN1CCC(C(=O)N2CCCc3c(N)cccc32)C1. The zero-order chi connectivity index (χ0) is 13.4. The lowest BCUT2D eigenvalue weighted by molar-refractivity contribution is -0.122. The van der Waals surface area contributed by atoms with Crippen LogP contribution in [0.1, 0.15) is 18.4 Å². The Hall–Kier alpha value is -1.55. The van der Waals surface area contributed by atoms with Crippen LogP contribution in [0.3, 0.4) is 0 Å². The van der Waals surface area contributed by atoms with Crippen LogP contribution in [-0.2, 0) is 11.2 Å². The molecule has 2 heterocycles. The first-order valence-corrected chi connectivity index (χ1v) is 7.04. The smallest absolute Gasteiger partial charge is 0.231 e. The number of likely N-dealkylation sites (tertiary alicyclic amines) is 1. The summed E-state index contributed by atoms with van der Waals surface area (Å²) in [7, 11) is 2.08. The fourth-order valence-electron chi connectivity index (χ4n) is 3.24. The summed E-state index contributed by atoms with van der Waals surface area (Å²) in [6, 6.07) is 5.90. The number of hydrogen-bond acceptors (Lipinski definition) is 3. The van der Waals surface area contributed by atoms with Crippen molar-refractivity contribution in [1.29, 1.82) is 0 Å². The van der Waals surface area contributed by atoms with Crippen molar-refractivity contribution in [2.45, 2.75) is 19.3 Å². The molecule has 0 saturated carbocycles. The summed E-state index contributed by atoms with van der Waals surface area (Å²) in [6.45, 7) is 2.73. The summed E-state index contributed by atoms with van der Waals surface area (Å²) < 4.78 is 0. The van der Waals surface area contributed by atoms with Gasteiger partial charge in [0, 0.05) is 24.5 Å². The predicted octanol–water partition coefficient (Wildman–Crippen LogP) is 1.50. The minimum absolute atomic E-state index is 0.150. The molecule has 2 aliphatic rings. The van der Waals surface area contributed by atoms with Gasteiger partial charge >= 0.3 is 0 Å². The van der Waals surface area contributed by atoms with E-state index < -0.39 is 0 Å². The van der Waals surface area contributed by atoms with Gasteiger partial charge in [0.15, 0.2) is 0 Å². The minimum atomic E-state index is 0.150. The second kappa shape index (κ2) is 4.85. The molecule has 0 aromatic heterocycles.